The number of rotatable bonds is 2. The minimum atomic E-state index is 0.136. The molecular formula is C15H17N5O. The summed E-state index contributed by atoms with van der Waals surface area (Å²) in [6, 6.07) is 4.52. The highest BCUT2D eigenvalue weighted by molar-refractivity contribution is 5.94. The van der Waals surface area contributed by atoms with Crippen LogP contribution in [0.4, 0.5) is 0 Å². The lowest BCUT2D eigenvalue weighted by atomic mass is 9.97. The highest BCUT2D eigenvalue weighted by Gasteiger charge is 2.44. The van der Waals surface area contributed by atoms with Gasteiger partial charge in [0.15, 0.2) is 0 Å². The zero-order valence-electron chi connectivity index (χ0n) is 11.7. The van der Waals surface area contributed by atoms with E-state index in [2.05, 4.69) is 20.1 Å². The van der Waals surface area contributed by atoms with E-state index in [4.69, 9.17) is 0 Å². The van der Waals surface area contributed by atoms with Crippen LogP contribution in [0.15, 0.2) is 36.9 Å². The second-order valence-electron chi connectivity index (χ2n) is 5.81. The van der Waals surface area contributed by atoms with Gasteiger partial charge < -0.3 is 4.90 Å². The van der Waals surface area contributed by atoms with E-state index in [1.807, 2.05) is 0 Å². The lowest BCUT2D eigenvalue weighted by molar-refractivity contribution is 0.0512. The molecule has 6 heteroatoms. The zero-order chi connectivity index (χ0) is 14.2. The van der Waals surface area contributed by atoms with Gasteiger partial charge in [-0.2, -0.15) is 15.0 Å². The first kappa shape index (κ1) is 12.5. The van der Waals surface area contributed by atoms with Gasteiger partial charge in [0.25, 0.3) is 5.91 Å². The van der Waals surface area contributed by atoms with Crippen LogP contribution in [0.25, 0.3) is 0 Å². The van der Waals surface area contributed by atoms with Crippen molar-refractivity contribution in [1.82, 2.24) is 24.9 Å². The summed E-state index contributed by atoms with van der Waals surface area (Å²) in [6.07, 6.45) is 10.8. The van der Waals surface area contributed by atoms with Crippen molar-refractivity contribution in [2.45, 2.75) is 43.8 Å². The molecule has 6 nitrogen and oxygen atoms in total. The van der Waals surface area contributed by atoms with Gasteiger partial charge in [0.1, 0.15) is 0 Å². The Balaban J connectivity index is 1.56. The standard InChI is InChI=1S/C15H17N5O/c21-15(11-3-5-16-6-4-11)19-12-1-2-13(19)10-14(9-12)20-17-7-8-18-20/h3-8,12-14H,1-2,9-10H2. The van der Waals surface area contributed by atoms with Gasteiger partial charge >= 0.3 is 0 Å². The van der Waals surface area contributed by atoms with Gasteiger partial charge in [0.2, 0.25) is 0 Å². The summed E-state index contributed by atoms with van der Waals surface area (Å²) in [5, 5.41) is 8.52. The minimum absolute atomic E-state index is 0.136. The molecule has 0 N–H and O–H groups in total. The summed E-state index contributed by atoms with van der Waals surface area (Å²) in [5.41, 5.74) is 0.734. The fourth-order valence-corrected chi connectivity index (χ4v) is 3.73. The quantitative estimate of drug-likeness (QED) is 0.841. The average molecular weight is 283 g/mol. The maximum absolute atomic E-state index is 12.7. The Hall–Kier alpha value is -2.24. The Morgan fingerprint density at radius 3 is 2.19 bits per heavy atom. The van der Waals surface area contributed by atoms with Crippen LogP contribution in [0, 0.1) is 0 Å². The summed E-state index contributed by atoms with van der Waals surface area (Å²) >= 11 is 0. The van der Waals surface area contributed by atoms with Gasteiger partial charge in [-0.3, -0.25) is 9.78 Å². The van der Waals surface area contributed by atoms with Crippen LogP contribution >= 0.6 is 0 Å². The first-order chi connectivity index (χ1) is 10.3. The Morgan fingerprint density at radius 1 is 0.952 bits per heavy atom. The predicted molar refractivity (Wildman–Crippen MR) is 75.5 cm³/mol. The van der Waals surface area contributed by atoms with E-state index >= 15 is 0 Å². The Bertz CT molecular complexity index is 613. The second kappa shape index (κ2) is 4.95. The SMILES string of the molecule is O=C(c1ccncc1)N1C2CCC1CC(n1nccn1)C2. The van der Waals surface area contributed by atoms with Crippen molar-refractivity contribution in [2.24, 2.45) is 0 Å². The van der Waals surface area contributed by atoms with E-state index in [9.17, 15) is 4.79 Å². The van der Waals surface area contributed by atoms with Gasteiger partial charge in [-0.15, -0.1) is 0 Å². The maximum Gasteiger partial charge on any atom is 0.254 e. The summed E-state index contributed by atoms with van der Waals surface area (Å²) < 4.78 is 0. The van der Waals surface area contributed by atoms with E-state index in [1.54, 1.807) is 41.7 Å². The van der Waals surface area contributed by atoms with Crippen molar-refractivity contribution in [3.63, 3.8) is 0 Å². The van der Waals surface area contributed by atoms with Crippen molar-refractivity contribution in [2.75, 3.05) is 0 Å². The predicted octanol–water partition coefficient (Wildman–Crippen LogP) is 1.68. The first-order valence-corrected chi connectivity index (χ1v) is 7.41. The minimum Gasteiger partial charge on any atom is -0.333 e. The van der Waals surface area contributed by atoms with Gasteiger partial charge in [-0.25, -0.2) is 0 Å². The first-order valence-electron chi connectivity index (χ1n) is 7.41. The second-order valence-corrected chi connectivity index (χ2v) is 5.81. The highest BCUT2D eigenvalue weighted by atomic mass is 16.2. The molecular weight excluding hydrogens is 266 g/mol. The lowest BCUT2D eigenvalue weighted by Crippen LogP contribution is -2.47. The number of carbonyl (C=O) groups excluding carboxylic acids is 1. The number of nitrogens with zero attached hydrogens (tertiary/aromatic N) is 5. The molecule has 0 radical (unpaired) electrons. The smallest absolute Gasteiger partial charge is 0.254 e. The molecule has 108 valence electrons. The normalized spacial score (nSPS) is 27.8. The monoisotopic (exact) mass is 283 g/mol. The van der Waals surface area contributed by atoms with Crippen LogP contribution in [0.3, 0.4) is 0 Å². The highest BCUT2D eigenvalue weighted by Crippen LogP contribution is 2.40. The number of piperidine rings is 1. The number of amides is 1. The molecule has 4 heterocycles. The molecule has 2 aromatic heterocycles. The molecule has 2 unspecified atom stereocenters. The van der Waals surface area contributed by atoms with Gasteiger partial charge in [0.05, 0.1) is 18.4 Å². The average Bonchev–Trinajstić information content (AvgIpc) is 3.14. The molecule has 2 bridgehead atoms. The Morgan fingerprint density at radius 2 is 1.57 bits per heavy atom. The molecule has 0 saturated carbocycles. The van der Waals surface area contributed by atoms with E-state index < -0.39 is 0 Å². The number of fused-ring (bicyclic) bond motifs is 2. The van der Waals surface area contributed by atoms with Crippen LogP contribution in [-0.4, -0.2) is 42.9 Å². The van der Waals surface area contributed by atoms with Crippen LogP contribution in [0.2, 0.25) is 0 Å². The van der Waals surface area contributed by atoms with Crippen LogP contribution in [0.1, 0.15) is 42.1 Å². The number of hydrogen-bond acceptors (Lipinski definition) is 4. The van der Waals surface area contributed by atoms with Crippen LogP contribution < -0.4 is 0 Å². The van der Waals surface area contributed by atoms with E-state index in [0.717, 1.165) is 31.2 Å². The van der Waals surface area contributed by atoms with Crippen molar-refractivity contribution in [3.8, 4) is 0 Å². The van der Waals surface area contributed by atoms with Gasteiger partial charge in [0, 0.05) is 30.0 Å². The van der Waals surface area contributed by atoms with Crippen LogP contribution in [0.5, 0.6) is 0 Å². The summed E-state index contributed by atoms with van der Waals surface area (Å²) in [6.45, 7) is 0. The molecule has 2 fully saturated rings. The Labute approximate surface area is 122 Å². The van der Waals surface area contributed by atoms with Gasteiger partial charge in [-0.05, 0) is 37.8 Å². The fraction of sp³-hybridized carbons (Fsp3) is 0.467. The molecule has 0 aliphatic carbocycles. The molecule has 4 rings (SSSR count). The topological polar surface area (TPSA) is 63.9 Å². The third kappa shape index (κ3) is 2.11. The number of aromatic nitrogens is 4. The molecule has 1 amide bonds. The lowest BCUT2D eigenvalue weighted by Gasteiger charge is -2.38. The largest absolute Gasteiger partial charge is 0.333 e. The van der Waals surface area contributed by atoms with Crippen LogP contribution in [-0.2, 0) is 0 Å². The molecule has 0 spiro atoms. The van der Waals surface area contributed by atoms with Crippen molar-refractivity contribution >= 4 is 5.91 Å². The Kier molecular flexibility index (Phi) is 2.94. The fourth-order valence-electron chi connectivity index (χ4n) is 3.73. The summed E-state index contributed by atoms with van der Waals surface area (Å²) in [5.74, 6) is 0.136. The van der Waals surface area contributed by atoms with Crippen molar-refractivity contribution in [1.29, 1.82) is 0 Å². The molecule has 0 aromatic carbocycles. The number of carbonyl (C=O) groups is 1. The van der Waals surface area contributed by atoms with Gasteiger partial charge in [-0.1, -0.05) is 0 Å². The number of pyridine rings is 1. The maximum atomic E-state index is 12.7. The molecule has 2 aliphatic heterocycles. The van der Waals surface area contributed by atoms with E-state index in [1.165, 1.54) is 0 Å². The molecule has 2 aliphatic rings. The van der Waals surface area contributed by atoms with Crippen molar-refractivity contribution in [3.05, 3.63) is 42.5 Å². The third-order valence-corrected chi connectivity index (χ3v) is 4.63. The summed E-state index contributed by atoms with van der Waals surface area (Å²) in [4.78, 5) is 20.6. The molecule has 21 heavy (non-hydrogen) atoms. The zero-order valence-corrected chi connectivity index (χ0v) is 11.7. The molecule has 2 atom stereocenters. The summed E-state index contributed by atoms with van der Waals surface area (Å²) in [7, 11) is 0. The molecule has 2 aromatic rings. The molecule has 2 saturated heterocycles. The van der Waals surface area contributed by atoms with E-state index in [-0.39, 0.29) is 5.91 Å². The van der Waals surface area contributed by atoms with E-state index in [0.29, 0.717) is 18.1 Å². The third-order valence-electron chi connectivity index (χ3n) is 4.63. The van der Waals surface area contributed by atoms with Crippen molar-refractivity contribution < 1.29 is 4.79 Å². The number of hydrogen-bond donors (Lipinski definition) is 0.